The van der Waals surface area contributed by atoms with E-state index in [2.05, 4.69) is 11.9 Å². The number of likely N-dealkylation sites (N-methyl/N-ethyl adjacent to an activating group) is 1. The van der Waals surface area contributed by atoms with Crippen molar-refractivity contribution in [1.29, 1.82) is 0 Å². The molecule has 96 valence electrons. The van der Waals surface area contributed by atoms with Gasteiger partial charge in [0.1, 0.15) is 5.54 Å². The van der Waals surface area contributed by atoms with Crippen LogP contribution in [0.1, 0.15) is 12.8 Å². The fraction of sp³-hybridized carbons (Fsp3) is 0.636. The van der Waals surface area contributed by atoms with Crippen LogP contribution in [0.3, 0.4) is 0 Å². The molecular formula is C11H18N2O4. The molecule has 2 N–H and O–H groups in total. The lowest BCUT2D eigenvalue weighted by molar-refractivity contribution is -0.148. The normalized spacial score (nSPS) is 18.2. The topological polar surface area (TPSA) is 78.9 Å². The van der Waals surface area contributed by atoms with Gasteiger partial charge in [-0.05, 0) is 0 Å². The second-order valence-electron chi connectivity index (χ2n) is 4.10. The van der Waals surface area contributed by atoms with E-state index in [4.69, 9.17) is 4.74 Å². The average molecular weight is 242 g/mol. The van der Waals surface area contributed by atoms with Crippen molar-refractivity contribution in [2.24, 2.45) is 0 Å². The first-order chi connectivity index (χ1) is 8.02. The standard InChI is InChI=1S/C11H18N2O4/c1-3-6-13(2)10(16)12-11(9(14)15)4-7-17-8-5-11/h3H,1,4-8H2,2H3,(H,12,16)(H,14,15). The van der Waals surface area contributed by atoms with Gasteiger partial charge in [0.15, 0.2) is 0 Å². The summed E-state index contributed by atoms with van der Waals surface area (Å²) in [4.78, 5) is 24.4. The number of aliphatic carboxylic acids is 1. The van der Waals surface area contributed by atoms with Crippen LogP contribution in [0.4, 0.5) is 4.79 Å². The zero-order valence-corrected chi connectivity index (χ0v) is 9.94. The largest absolute Gasteiger partial charge is 0.480 e. The minimum Gasteiger partial charge on any atom is -0.480 e. The van der Waals surface area contributed by atoms with Crippen molar-refractivity contribution in [3.8, 4) is 0 Å². The molecule has 0 atom stereocenters. The Hall–Kier alpha value is -1.56. The molecule has 0 aromatic carbocycles. The van der Waals surface area contributed by atoms with Crippen molar-refractivity contribution in [1.82, 2.24) is 10.2 Å². The molecule has 6 heteroatoms. The lowest BCUT2D eigenvalue weighted by atomic mass is 9.90. The molecule has 17 heavy (non-hydrogen) atoms. The quantitative estimate of drug-likeness (QED) is 0.701. The Morgan fingerprint density at radius 3 is 2.59 bits per heavy atom. The van der Waals surface area contributed by atoms with Crippen molar-refractivity contribution >= 4 is 12.0 Å². The van der Waals surface area contributed by atoms with Gasteiger partial charge >= 0.3 is 12.0 Å². The summed E-state index contributed by atoms with van der Waals surface area (Å²) in [5.41, 5.74) is -1.20. The van der Waals surface area contributed by atoms with E-state index in [0.29, 0.717) is 19.8 Å². The summed E-state index contributed by atoms with van der Waals surface area (Å²) in [6, 6.07) is -0.408. The Balaban J connectivity index is 2.69. The second kappa shape index (κ2) is 5.67. The number of ether oxygens (including phenoxy) is 1. The highest BCUT2D eigenvalue weighted by Crippen LogP contribution is 2.21. The highest BCUT2D eigenvalue weighted by atomic mass is 16.5. The zero-order chi connectivity index (χ0) is 12.9. The van der Waals surface area contributed by atoms with Crippen LogP contribution in [0, 0.1) is 0 Å². The number of carbonyl (C=O) groups excluding carboxylic acids is 1. The number of hydrogen-bond donors (Lipinski definition) is 2. The van der Waals surface area contributed by atoms with Gasteiger partial charge in [0.05, 0.1) is 0 Å². The fourth-order valence-corrected chi connectivity index (χ4v) is 1.69. The summed E-state index contributed by atoms with van der Waals surface area (Å²) < 4.78 is 5.12. The maximum Gasteiger partial charge on any atom is 0.329 e. The van der Waals surface area contributed by atoms with Crippen molar-refractivity contribution in [3.05, 3.63) is 12.7 Å². The van der Waals surface area contributed by atoms with Gasteiger partial charge in [-0.25, -0.2) is 9.59 Å². The smallest absolute Gasteiger partial charge is 0.329 e. The van der Waals surface area contributed by atoms with Crippen LogP contribution in [0.2, 0.25) is 0 Å². The molecule has 0 spiro atoms. The average Bonchev–Trinajstić information content (AvgIpc) is 2.30. The van der Waals surface area contributed by atoms with Gasteiger partial charge in [0, 0.05) is 39.6 Å². The summed E-state index contributed by atoms with van der Waals surface area (Å²) in [6.07, 6.45) is 2.16. The third-order valence-corrected chi connectivity index (χ3v) is 2.85. The van der Waals surface area contributed by atoms with Crippen LogP contribution in [0.15, 0.2) is 12.7 Å². The Morgan fingerprint density at radius 1 is 1.53 bits per heavy atom. The molecule has 0 saturated carbocycles. The first-order valence-corrected chi connectivity index (χ1v) is 5.47. The number of urea groups is 1. The van der Waals surface area contributed by atoms with Crippen molar-refractivity contribution in [2.45, 2.75) is 18.4 Å². The van der Waals surface area contributed by atoms with E-state index in [1.54, 1.807) is 13.1 Å². The van der Waals surface area contributed by atoms with Crippen molar-refractivity contribution < 1.29 is 19.4 Å². The monoisotopic (exact) mass is 242 g/mol. The number of carbonyl (C=O) groups is 2. The molecule has 1 heterocycles. The van der Waals surface area contributed by atoms with Crippen LogP contribution < -0.4 is 5.32 Å². The molecule has 0 aliphatic carbocycles. The molecule has 2 amide bonds. The Morgan fingerprint density at radius 2 is 2.12 bits per heavy atom. The lowest BCUT2D eigenvalue weighted by Crippen LogP contribution is -2.59. The third-order valence-electron chi connectivity index (χ3n) is 2.85. The maximum absolute atomic E-state index is 11.8. The maximum atomic E-state index is 11.8. The minimum absolute atomic E-state index is 0.288. The summed E-state index contributed by atoms with van der Waals surface area (Å²) in [6.45, 7) is 4.59. The zero-order valence-electron chi connectivity index (χ0n) is 9.94. The molecule has 1 saturated heterocycles. The number of nitrogens with zero attached hydrogens (tertiary/aromatic N) is 1. The van der Waals surface area contributed by atoms with Crippen LogP contribution in [-0.4, -0.2) is 54.4 Å². The lowest BCUT2D eigenvalue weighted by Gasteiger charge is -2.35. The molecule has 1 aliphatic heterocycles. The van der Waals surface area contributed by atoms with Crippen molar-refractivity contribution in [2.75, 3.05) is 26.8 Å². The van der Waals surface area contributed by atoms with Crippen molar-refractivity contribution in [3.63, 3.8) is 0 Å². The van der Waals surface area contributed by atoms with Crippen LogP contribution >= 0.6 is 0 Å². The number of rotatable bonds is 4. The number of nitrogens with one attached hydrogen (secondary N) is 1. The first-order valence-electron chi connectivity index (χ1n) is 5.47. The van der Waals surface area contributed by atoms with E-state index in [1.165, 1.54) is 4.90 Å². The molecule has 1 fully saturated rings. The van der Waals surface area contributed by atoms with Gasteiger partial charge in [0.2, 0.25) is 0 Å². The van der Waals surface area contributed by atoms with Gasteiger partial charge in [-0.1, -0.05) is 6.08 Å². The highest BCUT2D eigenvalue weighted by molar-refractivity contribution is 5.86. The summed E-state index contributed by atoms with van der Waals surface area (Å²) >= 11 is 0. The van der Waals surface area contributed by atoms with E-state index in [-0.39, 0.29) is 12.8 Å². The van der Waals surface area contributed by atoms with E-state index < -0.39 is 17.5 Å². The van der Waals surface area contributed by atoms with Gasteiger partial charge in [-0.3, -0.25) is 0 Å². The molecule has 1 rings (SSSR count). The minimum atomic E-state index is -1.20. The first kappa shape index (κ1) is 13.5. The molecule has 0 bridgehead atoms. The molecule has 0 aromatic rings. The molecule has 1 aliphatic rings. The van der Waals surface area contributed by atoms with Gasteiger partial charge in [0.25, 0.3) is 0 Å². The Labute approximate surface area is 100 Å². The Bertz CT molecular complexity index is 311. The molecule has 0 radical (unpaired) electrons. The number of hydrogen-bond acceptors (Lipinski definition) is 3. The van der Waals surface area contributed by atoms with Gasteiger partial charge in [-0.2, -0.15) is 0 Å². The number of amides is 2. The molecular weight excluding hydrogens is 224 g/mol. The Kier molecular flexibility index (Phi) is 4.51. The van der Waals surface area contributed by atoms with Gasteiger partial charge in [-0.15, -0.1) is 6.58 Å². The summed E-state index contributed by atoms with van der Waals surface area (Å²) in [5, 5.41) is 11.8. The SMILES string of the molecule is C=CCN(C)C(=O)NC1(C(=O)O)CCOCC1. The molecule has 6 nitrogen and oxygen atoms in total. The fourth-order valence-electron chi connectivity index (χ4n) is 1.69. The number of carboxylic acids is 1. The van der Waals surface area contributed by atoms with Gasteiger partial charge < -0.3 is 20.1 Å². The molecule has 0 aromatic heterocycles. The van der Waals surface area contributed by atoms with E-state index in [9.17, 15) is 14.7 Å². The third kappa shape index (κ3) is 3.20. The van der Waals surface area contributed by atoms with Crippen LogP contribution in [0.5, 0.6) is 0 Å². The number of carboxylic acid groups (broad SMARTS) is 1. The molecule has 0 unspecified atom stereocenters. The van der Waals surface area contributed by atoms with E-state index in [1.807, 2.05) is 0 Å². The predicted molar refractivity (Wildman–Crippen MR) is 61.8 cm³/mol. The van der Waals surface area contributed by atoms with Crippen LogP contribution in [-0.2, 0) is 9.53 Å². The van der Waals surface area contributed by atoms with Crippen LogP contribution in [0.25, 0.3) is 0 Å². The second-order valence-corrected chi connectivity index (χ2v) is 4.10. The summed E-state index contributed by atoms with van der Waals surface area (Å²) in [7, 11) is 1.59. The predicted octanol–water partition coefficient (Wildman–Crippen LogP) is 0.448. The van der Waals surface area contributed by atoms with E-state index >= 15 is 0 Å². The summed E-state index contributed by atoms with van der Waals surface area (Å²) in [5.74, 6) is -1.01. The van der Waals surface area contributed by atoms with E-state index in [0.717, 1.165) is 0 Å². The highest BCUT2D eigenvalue weighted by Gasteiger charge is 2.42.